The van der Waals surface area contributed by atoms with Gasteiger partial charge in [-0.25, -0.2) is 4.98 Å². The quantitative estimate of drug-likeness (QED) is 0.358. The molecule has 0 fully saturated rings. The highest BCUT2D eigenvalue weighted by atomic mass is 15.2. The molecule has 0 amide bonds. The molecule has 32 heavy (non-hydrogen) atoms. The SMILES string of the molecule is CC(C)N(Cc1ccccc1)Cc1c(-c2ccc3ccccc3c2)nc2ccc(N)cn12. The number of hydrogen-bond acceptors (Lipinski definition) is 3. The van der Waals surface area contributed by atoms with Crippen LogP contribution in [0.25, 0.3) is 27.7 Å². The molecule has 160 valence electrons. The van der Waals surface area contributed by atoms with Crippen molar-refractivity contribution in [3.05, 3.63) is 102 Å². The fraction of sp³-hybridized carbons (Fsp3) is 0.179. The van der Waals surface area contributed by atoms with Gasteiger partial charge in [0.05, 0.1) is 11.4 Å². The summed E-state index contributed by atoms with van der Waals surface area (Å²) in [6.45, 7) is 6.15. The smallest absolute Gasteiger partial charge is 0.137 e. The van der Waals surface area contributed by atoms with Crippen LogP contribution in [0.3, 0.4) is 0 Å². The first kappa shape index (κ1) is 20.3. The summed E-state index contributed by atoms with van der Waals surface area (Å²) in [4.78, 5) is 7.51. The van der Waals surface area contributed by atoms with Gasteiger partial charge in [-0.05, 0) is 48.4 Å². The maximum atomic E-state index is 6.17. The fourth-order valence-corrected chi connectivity index (χ4v) is 4.26. The van der Waals surface area contributed by atoms with E-state index in [1.165, 1.54) is 16.3 Å². The Morgan fingerprint density at radius 1 is 0.844 bits per heavy atom. The Bertz CT molecular complexity index is 1370. The summed E-state index contributed by atoms with van der Waals surface area (Å²) in [5, 5.41) is 2.45. The Morgan fingerprint density at radius 3 is 2.38 bits per heavy atom. The van der Waals surface area contributed by atoms with E-state index in [2.05, 4.69) is 95.9 Å². The Kier molecular flexibility index (Phi) is 5.38. The van der Waals surface area contributed by atoms with Gasteiger partial charge >= 0.3 is 0 Å². The summed E-state index contributed by atoms with van der Waals surface area (Å²) in [5.41, 5.74) is 12.4. The predicted molar refractivity (Wildman–Crippen MR) is 133 cm³/mol. The van der Waals surface area contributed by atoms with Crippen molar-refractivity contribution in [1.29, 1.82) is 0 Å². The molecule has 0 atom stereocenters. The number of rotatable bonds is 6. The van der Waals surface area contributed by atoms with Crippen LogP contribution in [-0.4, -0.2) is 20.3 Å². The number of nitrogens with zero attached hydrogens (tertiary/aromatic N) is 3. The predicted octanol–water partition coefficient (Wildman–Crippen LogP) is 6.15. The lowest BCUT2D eigenvalue weighted by Gasteiger charge is -2.27. The molecular formula is C28H28N4. The highest BCUT2D eigenvalue weighted by Gasteiger charge is 2.19. The van der Waals surface area contributed by atoms with Crippen LogP contribution in [0, 0.1) is 0 Å². The molecule has 2 aromatic heterocycles. The van der Waals surface area contributed by atoms with E-state index in [0.717, 1.165) is 41.4 Å². The zero-order chi connectivity index (χ0) is 22.1. The number of hydrogen-bond donors (Lipinski definition) is 1. The topological polar surface area (TPSA) is 46.6 Å². The monoisotopic (exact) mass is 420 g/mol. The van der Waals surface area contributed by atoms with Crippen LogP contribution in [0.4, 0.5) is 5.69 Å². The van der Waals surface area contributed by atoms with Gasteiger partial charge in [0.2, 0.25) is 0 Å². The van der Waals surface area contributed by atoms with Crippen LogP contribution in [0.5, 0.6) is 0 Å². The van der Waals surface area contributed by atoms with Gasteiger partial charge in [-0.2, -0.15) is 0 Å². The van der Waals surface area contributed by atoms with Crippen LogP contribution in [0.2, 0.25) is 0 Å². The van der Waals surface area contributed by atoms with E-state index >= 15 is 0 Å². The highest BCUT2D eigenvalue weighted by Crippen LogP contribution is 2.30. The van der Waals surface area contributed by atoms with Crippen molar-refractivity contribution >= 4 is 22.1 Å². The molecule has 0 bridgehead atoms. The first-order chi connectivity index (χ1) is 15.6. The van der Waals surface area contributed by atoms with Crippen molar-refractivity contribution in [2.75, 3.05) is 5.73 Å². The molecule has 0 aliphatic rings. The van der Waals surface area contributed by atoms with Gasteiger partial charge in [0, 0.05) is 36.6 Å². The minimum Gasteiger partial charge on any atom is -0.398 e. The summed E-state index contributed by atoms with van der Waals surface area (Å²) < 4.78 is 2.15. The molecule has 4 nitrogen and oxygen atoms in total. The minimum absolute atomic E-state index is 0.381. The lowest BCUT2D eigenvalue weighted by molar-refractivity contribution is 0.201. The minimum atomic E-state index is 0.381. The van der Waals surface area contributed by atoms with Gasteiger partial charge in [0.1, 0.15) is 5.65 Å². The first-order valence-electron chi connectivity index (χ1n) is 11.1. The molecule has 2 N–H and O–H groups in total. The third kappa shape index (κ3) is 3.97. The van der Waals surface area contributed by atoms with E-state index in [0.29, 0.717) is 6.04 Å². The van der Waals surface area contributed by atoms with Crippen molar-refractivity contribution in [3.8, 4) is 11.3 Å². The number of nitrogen functional groups attached to an aromatic ring is 1. The van der Waals surface area contributed by atoms with E-state index < -0.39 is 0 Å². The summed E-state index contributed by atoms with van der Waals surface area (Å²) in [5.74, 6) is 0. The first-order valence-corrected chi connectivity index (χ1v) is 11.1. The van der Waals surface area contributed by atoms with Gasteiger partial charge in [-0.15, -0.1) is 0 Å². The number of imidazole rings is 1. The Hall–Kier alpha value is -3.63. The largest absolute Gasteiger partial charge is 0.398 e. The molecule has 0 saturated heterocycles. The van der Waals surface area contributed by atoms with Crippen LogP contribution >= 0.6 is 0 Å². The molecule has 0 aliphatic carbocycles. The van der Waals surface area contributed by atoms with E-state index in [9.17, 15) is 0 Å². The second-order valence-corrected chi connectivity index (χ2v) is 8.64. The molecular weight excluding hydrogens is 392 g/mol. The second-order valence-electron chi connectivity index (χ2n) is 8.64. The van der Waals surface area contributed by atoms with Crippen molar-refractivity contribution in [1.82, 2.24) is 14.3 Å². The Balaban J connectivity index is 1.62. The number of fused-ring (bicyclic) bond motifs is 2. The number of nitrogens with two attached hydrogens (primary N) is 1. The molecule has 5 aromatic rings. The average molecular weight is 421 g/mol. The normalized spacial score (nSPS) is 11.8. The standard InChI is InChI=1S/C28H28N4/c1-20(2)31(17-21-8-4-3-5-9-21)19-26-28(30-27-15-14-25(29)18-32(26)27)24-13-12-22-10-6-7-11-23(22)16-24/h3-16,18,20H,17,19,29H2,1-2H3. The maximum absolute atomic E-state index is 6.17. The second kappa shape index (κ2) is 8.48. The van der Waals surface area contributed by atoms with Crippen LogP contribution in [0.15, 0.2) is 91.1 Å². The molecule has 3 aromatic carbocycles. The van der Waals surface area contributed by atoms with Gasteiger partial charge in [-0.1, -0.05) is 66.7 Å². The molecule has 4 heteroatoms. The number of anilines is 1. The van der Waals surface area contributed by atoms with Gasteiger partial charge in [-0.3, -0.25) is 4.90 Å². The summed E-state index contributed by atoms with van der Waals surface area (Å²) in [7, 11) is 0. The highest BCUT2D eigenvalue weighted by molar-refractivity contribution is 5.87. The van der Waals surface area contributed by atoms with Gasteiger partial charge in [0.15, 0.2) is 0 Å². The van der Waals surface area contributed by atoms with Crippen LogP contribution < -0.4 is 5.73 Å². The van der Waals surface area contributed by atoms with Crippen molar-refractivity contribution < 1.29 is 0 Å². The lowest BCUT2D eigenvalue weighted by Crippen LogP contribution is -2.30. The fourth-order valence-electron chi connectivity index (χ4n) is 4.26. The van der Waals surface area contributed by atoms with Crippen molar-refractivity contribution in [2.24, 2.45) is 0 Å². The molecule has 0 spiro atoms. The average Bonchev–Trinajstić information content (AvgIpc) is 3.16. The van der Waals surface area contributed by atoms with Gasteiger partial charge in [0.25, 0.3) is 0 Å². The maximum Gasteiger partial charge on any atom is 0.137 e. The van der Waals surface area contributed by atoms with Gasteiger partial charge < -0.3 is 10.1 Å². The summed E-state index contributed by atoms with van der Waals surface area (Å²) in [6.07, 6.45) is 1.99. The molecule has 2 heterocycles. The molecule has 5 rings (SSSR count). The van der Waals surface area contributed by atoms with Crippen LogP contribution in [-0.2, 0) is 13.1 Å². The van der Waals surface area contributed by atoms with E-state index in [-0.39, 0.29) is 0 Å². The third-order valence-electron chi connectivity index (χ3n) is 6.07. The molecule has 0 unspecified atom stereocenters. The summed E-state index contributed by atoms with van der Waals surface area (Å²) in [6, 6.07) is 30.0. The lowest BCUT2D eigenvalue weighted by atomic mass is 10.0. The Labute approximate surface area is 188 Å². The number of benzene rings is 3. The molecule has 0 saturated carbocycles. The van der Waals surface area contributed by atoms with Crippen molar-refractivity contribution in [2.45, 2.75) is 33.0 Å². The van der Waals surface area contributed by atoms with E-state index in [4.69, 9.17) is 10.7 Å². The third-order valence-corrected chi connectivity index (χ3v) is 6.07. The zero-order valence-electron chi connectivity index (χ0n) is 18.6. The zero-order valence-corrected chi connectivity index (χ0v) is 18.6. The Morgan fingerprint density at radius 2 is 1.59 bits per heavy atom. The summed E-state index contributed by atoms with van der Waals surface area (Å²) >= 11 is 0. The van der Waals surface area contributed by atoms with E-state index in [1.54, 1.807) is 0 Å². The molecule has 0 aliphatic heterocycles. The van der Waals surface area contributed by atoms with Crippen molar-refractivity contribution in [3.63, 3.8) is 0 Å². The van der Waals surface area contributed by atoms with Crippen LogP contribution in [0.1, 0.15) is 25.1 Å². The number of pyridine rings is 1. The molecule has 0 radical (unpaired) electrons. The van der Waals surface area contributed by atoms with E-state index in [1.807, 2.05) is 18.3 Å². The number of aromatic nitrogens is 2.